The summed E-state index contributed by atoms with van der Waals surface area (Å²) in [6.45, 7) is 7.82. The fraction of sp³-hybridized carbons (Fsp3) is 0.581. The van der Waals surface area contributed by atoms with Crippen LogP contribution in [0.1, 0.15) is 67.9 Å². The summed E-state index contributed by atoms with van der Waals surface area (Å²) in [7, 11) is 0. The van der Waals surface area contributed by atoms with Gasteiger partial charge in [-0.3, -0.25) is 4.79 Å². The van der Waals surface area contributed by atoms with Crippen LogP contribution in [0.25, 0.3) is 0 Å². The number of ether oxygens (including phenoxy) is 3. The Bertz CT molecular complexity index is 1170. The SMILES string of the molecule is CCOC(=O)[C@]1(C)CCCN(C[C@@H]2COC[C@H](O[C@H](C)c3cc(C(F)(F)F)cc(C(F)(F)F)c3)[C@H]2c2ccccc2)C1. The number of hydrogen-bond acceptors (Lipinski definition) is 5. The Balaban J connectivity index is 1.59. The number of piperidine rings is 1. The van der Waals surface area contributed by atoms with Gasteiger partial charge in [0.25, 0.3) is 0 Å². The maximum Gasteiger partial charge on any atom is 0.416 e. The maximum absolute atomic E-state index is 13.5. The van der Waals surface area contributed by atoms with Crippen molar-refractivity contribution in [2.24, 2.45) is 11.3 Å². The Labute approximate surface area is 242 Å². The topological polar surface area (TPSA) is 48.0 Å². The second kappa shape index (κ2) is 12.9. The molecule has 0 bridgehead atoms. The number of carbonyl (C=O) groups excluding carboxylic acids is 1. The fourth-order valence-electron chi connectivity index (χ4n) is 6.16. The van der Waals surface area contributed by atoms with Crippen LogP contribution in [0.3, 0.4) is 0 Å². The van der Waals surface area contributed by atoms with E-state index < -0.39 is 41.1 Å². The van der Waals surface area contributed by atoms with Gasteiger partial charge in [-0.2, -0.15) is 26.3 Å². The molecule has 0 aliphatic carbocycles. The lowest BCUT2D eigenvalue weighted by atomic mass is 9.78. The number of benzene rings is 2. The Kier molecular flexibility index (Phi) is 9.94. The molecule has 11 heteroatoms. The van der Waals surface area contributed by atoms with Gasteiger partial charge in [-0.15, -0.1) is 0 Å². The number of rotatable bonds is 8. The lowest BCUT2D eigenvalue weighted by Gasteiger charge is -2.44. The quantitative estimate of drug-likeness (QED) is 0.235. The van der Waals surface area contributed by atoms with Gasteiger partial charge in [0.2, 0.25) is 0 Å². The molecule has 0 amide bonds. The summed E-state index contributed by atoms with van der Waals surface area (Å²) >= 11 is 0. The lowest BCUT2D eigenvalue weighted by molar-refractivity contribution is -0.158. The minimum absolute atomic E-state index is 0.102. The van der Waals surface area contributed by atoms with E-state index in [0.717, 1.165) is 18.5 Å². The monoisotopic (exact) mass is 601 g/mol. The molecule has 0 unspecified atom stereocenters. The molecule has 2 saturated heterocycles. The van der Waals surface area contributed by atoms with Gasteiger partial charge in [0.05, 0.1) is 48.6 Å². The van der Waals surface area contributed by atoms with Crippen LogP contribution >= 0.6 is 0 Å². The van der Waals surface area contributed by atoms with E-state index in [-0.39, 0.29) is 36.0 Å². The number of hydrogen-bond donors (Lipinski definition) is 0. The number of esters is 1. The van der Waals surface area contributed by atoms with E-state index in [1.165, 1.54) is 6.92 Å². The summed E-state index contributed by atoms with van der Waals surface area (Å²) in [5.41, 5.74) is -2.68. The van der Waals surface area contributed by atoms with Gasteiger partial charge in [0, 0.05) is 24.9 Å². The molecule has 232 valence electrons. The van der Waals surface area contributed by atoms with Crippen molar-refractivity contribution in [3.63, 3.8) is 0 Å². The van der Waals surface area contributed by atoms with E-state index in [9.17, 15) is 31.1 Å². The molecule has 2 aliphatic rings. The van der Waals surface area contributed by atoms with Gasteiger partial charge in [0.15, 0.2) is 0 Å². The Morgan fingerprint density at radius 3 is 2.29 bits per heavy atom. The predicted molar refractivity (Wildman–Crippen MR) is 144 cm³/mol. The molecular weight excluding hydrogens is 564 g/mol. The molecule has 0 N–H and O–H groups in total. The van der Waals surface area contributed by atoms with Crippen LogP contribution in [-0.2, 0) is 31.4 Å². The molecule has 5 atom stereocenters. The second-order valence-electron chi connectivity index (χ2n) is 11.5. The van der Waals surface area contributed by atoms with E-state index in [1.54, 1.807) is 6.92 Å². The van der Waals surface area contributed by atoms with Gasteiger partial charge in [0.1, 0.15) is 0 Å². The van der Waals surface area contributed by atoms with Crippen molar-refractivity contribution in [3.05, 3.63) is 70.8 Å². The summed E-state index contributed by atoms with van der Waals surface area (Å²) in [5.74, 6) is -0.579. The first-order chi connectivity index (χ1) is 19.7. The number of carbonyl (C=O) groups is 1. The van der Waals surface area contributed by atoms with Crippen molar-refractivity contribution >= 4 is 5.97 Å². The van der Waals surface area contributed by atoms with Crippen molar-refractivity contribution in [1.82, 2.24) is 4.90 Å². The number of likely N-dealkylation sites (tertiary alicyclic amines) is 1. The molecule has 0 spiro atoms. The first-order valence-corrected chi connectivity index (χ1v) is 14.2. The van der Waals surface area contributed by atoms with Gasteiger partial charge in [-0.25, -0.2) is 0 Å². The minimum atomic E-state index is -4.95. The zero-order valence-electron chi connectivity index (χ0n) is 23.9. The van der Waals surface area contributed by atoms with Gasteiger partial charge in [-0.1, -0.05) is 30.3 Å². The minimum Gasteiger partial charge on any atom is -0.466 e. The van der Waals surface area contributed by atoms with Crippen molar-refractivity contribution in [1.29, 1.82) is 0 Å². The van der Waals surface area contributed by atoms with Crippen LogP contribution in [0.4, 0.5) is 26.3 Å². The van der Waals surface area contributed by atoms with E-state index in [0.29, 0.717) is 44.9 Å². The van der Waals surface area contributed by atoms with Crippen molar-refractivity contribution < 1.29 is 45.3 Å². The summed E-state index contributed by atoms with van der Waals surface area (Å²) in [6, 6.07) is 11.0. The standard InChI is InChI=1S/C31H37F6NO4/c1-4-41-28(39)29(3)11-8-12-38(19-29)16-23-17-40-18-26(27(23)21-9-6-5-7-10-21)42-20(2)22-13-24(30(32,33)34)15-25(14-22)31(35,36)37/h5-7,9-10,13-15,20,23,26-27H,4,8,11-12,16-19H2,1-3H3/t20-,23-,26+,27+,29-/m1/s1. The first-order valence-electron chi connectivity index (χ1n) is 14.2. The highest BCUT2D eigenvalue weighted by molar-refractivity contribution is 5.76. The third-order valence-electron chi connectivity index (χ3n) is 8.20. The van der Waals surface area contributed by atoms with E-state index in [2.05, 4.69) is 4.90 Å². The summed E-state index contributed by atoms with van der Waals surface area (Å²) < 4.78 is 98.5. The van der Waals surface area contributed by atoms with Gasteiger partial charge >= 0.3 is 18.3 Å². The third-order valence-corrected chi connectivity index (χ3v) is 8.20. The normalized spacial score (nSPS) is 26.5. The molecule has 42 heavy (non-hydrogen) atoms. The molecule has 0 saturated carbocycles. The molecular formula is C31H37F6NO4. The summed E-state index contributed by atoms with van der Waals surface area (Å²) in [5, 5.41) is 0. The third kappa shape index (κ3) is 7.65. The van der Waals surface area contributed by atoms with Crippen molar-refractivity contribution in [2.45, 2.75) is 64.1 Å². The number of halogens is 6. The van der Waals surface area contributed by atoms with Crippen LogP contribution in [0.2, 0.25) is 0 Å². The highest BCUT2D eigenvalue weighted by atomic mass is 19.4. The first kappa shape index (κ1) is 32.3. The molecule has 2 aromatic carbocycles. The molecule has 2 aromatic rings. The van der Waals surface area contributed by atoms with Crippen molar-refractivity contribution in [2.75, 3.05) is 39.5 Å². The maximum atomic E-state index is 13.5. The predicted octanol–water partition coefficient (Wildman–Crippen LogP) is 7.27. The fourth-order valence-corrected chi connectivity index (χ4v) is 6.16. The molecule has 2 aliphatic heterocycles. The van der Waals surface area contributed by atoms with E-state index in [4.69, 9.17) is 14.2 Å². The van der Waals surface area contributed by atoms with Gasteiger partial charge < -0.3 is 19.1 Å². The molecule has 0 radical (unpaired) electrons. The molecule has 0 aromatic heterocycles. The van der Waals surface area contributed by atoms with Crippen LogP contribution in [0.15, 0.2) is 48.5 Å². The van der Waals surface area contributed by atoms with Crippen LogP contribution in [-0.4, -0.2) is 56.4 Å². The molecule has 4 rings (SSSR count). The summed E-state index contributed by atoms with van der Waals surface area (Å²) in [6.07, 6.45) is -10.1. The van der Waals surface area contributed by atoms with E-state index >= 15 is 0 Å². The van der Waals surface area contributed by atoms with Crippen LogP contribution < -0.4 is 0 Å². The van der Waals surface area contributed by atoms with Crippen molar-refractivity contribution in [3.8, 4) is 0 Å². The Morgan fingerprint density at radius 2 is 1.69 bits per heavy atom. The average molecular weight is 602 g/mol. The zero-order chi connectivity index (χ0) is 30.7. The Hall–Kier alpha value is -2.63. The Morgan fingerprint density at radius 1 is 1.05 bits per heavy atom. The largest absolute Gasteiger partial charge is 0.466 e. The van der Waals surface area contributed by atoms with Gasteiger partial charge in [-0.05, 0) is 69.5 Å². The van der Waals surface area contributed by atoms with Crippen LogP contribution in [0.5, 0.6) is 0 Å². The lowest BCUT2D eigenvalue weighted by Crippen LogP contribution is -2.51. The highest BCUT2D eigenvalue weighted by Gasteiger charge is 2.43. The van der Waals surface area contributed by atoms with E-state index in [1.807, 2.05) is 37.3 Å². The van der Waals surface area contributed by atoms with Crippen LogP contribution in [0, 0.1) is 11.3 Å². The summed E-state index contributed by atoms with van der Waals surface area (Å²) in [4.78, 5) is 14.9. The molecule has 5 nitrogen and oxygen atoms in total. The highest BCUT2D eigenvalue weighted by Crippen LogP contribution is 2.41. The second-order valence-corrected chi connectivity index (χ2v) is 11.5. The molecule has 2 fully saturated rings. The molecule has 2 heterocycles. The average Bonchev–Trinajstić information content (AvgIpc) is 2.92. The smallest absolute Gasteiger partial charge is 0.416 e. The number of nitrogens with zero attached hydrogens (tertiary/aromatic N) is 1. The number of alkyl halides is 6. The zero-order valence-corrected chi connectivity index (χ0v) is 23.9.